The van der Waals surface area contributed by atoms with Gasteiger partial charge in [-0.15, -0.1) is 0 Å². The highest BCUT2D eigenvalue weighted by Gasteiger charge is 2.48. The normalized spacial score (nSPS) is 14.6. The molecule has 0 saturated heterocycles. The van der Waals surface area contributed by atoms with Crippen LogP contribution in [0.15, 0.2) is 40.9 Å². The van der Waals surface area contributed by atoms with Gasteiger partial charge in [-0.05, 0) is 71.7 Å². The number of alkyl halides is 3. The summed E-state index contributed by atoms with van der Waals surface area (Å²) in [5.41, 5.74) is 2.23. The first-order valence-electron chi connectivity index (χ1n) is 11.4. The fraction of sp³-hybridized carbons (Fsp3) is 0.385. The summed E-state index contributed by atoms with van der Waals surface area (Å²) in [5, 5.41) is 3.83. The Morgan fingerprint density at radius 3 is 1.86 bits per heavy atom. The van der Waals surface area contributed by atoms with Crippen LogP contribution in [0.2, 0.25) is 0 Å². The molecular formula is C26H25F3N2O5. The van der Waals surface area contributed by atoms with Crippen LogP contribution in [0.4, 0.5) is 13.2 Å². The number of aryl methyl sites for hydroxylation is 2. The van der Waals surface area contributed by atoms with E-state index in [1.54, 1.807) is 36.4 Å². The lowest BCUT2D eigenvalue weighted by molar-refractivity contribution is -0.159. The molecule has 1 aromatic heterocycles. The van der Waals surface area contributed by atoms with E-state index in [0.717, 1.165) is 11.1 Å². The van der Waals surface area contributed by atoms with Gasteiger partial charge in [-0.25, -0.2) is 9.59 Å². The lowest BCUT2D eigenvalue weighted by atomic mass is 9.67. The van der Waals surface area contributed by atoms with E-state index in [-0.39, 0.29) is 11.7 Å². The van der Waals surface area contributed by atoms with Crippen molar-refractivity contribution in [3.8, 4) is 0 Å². The van der Waals surface area contributed by atoms with Crippen LogP contribution in [0.25, 0.3) is 0 Å². The molecule has 1 aliphatic rings. The quantitative estimate of drug-likeness (QED) is 0.446. The van der Waals surface area contributed by atoms with Crippen LogP contribution in [0, 0.1) is 5.92 Å². The van der Waals surface area contributed by atoms with Gasteiger partial charge < -0.3 is 14.0 Å². The van der Waals surface area contributed by atoms with Crippen LogP contribution in [-0.4, -0.2) is 36.3 Å². The van der Waals surface area contributed by atoms with Crippen molar-refractivity contribution in [3.63, 3.8) is 0 Å². The number of halogens is 3. The minimum absolute atomic E-state index is 0.00259. The number of methoxy groups -OCH3 is 2. The van der Waals surface area contributed by atoms with Gasteiger partial charge in [0.2, 0.25) is 0 Å². The van der Waals surface area contributed by atoms with E-state index < -0.39 is 29.4 Å². The van der Waals surface area contributed by atoms with Crippen molar-refractivity contribution >= 4 is 11.9 Å². The van der Waals surface area contributed by atoms with Crippen molar-refractivity contribution in [2.75, 3.05) is 14.2 Å². The van der Waals surface area contributed by atoms with Crippen LogP contribution in [0.3, 0.4) is 0 Å². The molecule has 0 aliphatic heterocycles. The molecule has 0 atom stereocenters. The number of rotatable bonds is 5. The van der Waals surface area contributed by atoms with Gasteiger partial charge in [-0.1, -0.05) is 31.1 Å². The fourth-order valence-electron chi connectivity index (χ4n) is 5.01. The Bertz CT molecular complexity index is 1250. The van der Waals surface area contributed by atoms with Crippen LogP contribution >= 0.6 is 0 Å². The Hall–Kier alpha value is -3.69. The smallest absolute Gasteiger partial charge is 0.465 e. The van der Waals surface area contributed by atoms with Gasteiger partial charge in [-0.3, -0.25) is 0 Å². The summed E-state index contributed by atoms with van der Waals surface area (Å²) in [4.78, 5) is 28.3. The first-order valence-corrected chi connectivity index (χ1v) is 11.4. The van der Waals surface area contributed by atoms with Gasteiger partial charge in [0.15, 0.2) is 5.82 Å². The number of ether oxygens (including phenoxy) is 2. The van der Waals surface area contributed by atoms with Gasteiger partial charge in [0.25, 0.3) is 0 Å². The van der Waals surface area contributed by atoms with Crippen molar-refractivity contribution in [1.29, 1.82) is 0 Å². The highest BCUT2D eigenvalue weighted by atomic mass is 19.4. The number of benzene rings is 2. The maximum atomic E-state index is 13.5. The summed E-state index contributed by atoms with van der Waals surface area (Å²) < 4.78 is 54.9. The summed E-state index contributed by atoms with van der Waals surface area (Å²) in [7, 11) is 2.55. The predicted octanol–water partition coefficient (Wildman–Crippen LogP) is 5.14. The third kappa shape index (κ3) is 4.36. The Morgan fingerprint density at radius 2 is 1.47 bits per heavy atom. The second-order valence-corrected chi connectivity index (χ2v) is 9.15. The molecule has 0 radical (unpaired) electrons. The molecule has 0 saturated carbocycles. The summed E-state index contributed by atoms with van der Waals surface area (Å²) in [6.45, 7) is 3.89. The van der Waals surface area contributed by atoms with Crippen LogP contribution in [0.1, 0.15) is 75.0 Å². The van der Waals surface area contributed by atoms with Crippen molar-refractivity contribution in [1.82, 2.24) is 10.1 Å². The predicted molar refractivity (Wildman–Crippen MR) is 122 cm³/mol. The Labute approximate surface area is 205 Å². The minimum atomic E-state index is -4.82. The van der Waals surface area contributed by atoms with E-state index in [0.29, 0.717) is 41.5 Å². The number of fused-ring (bicyclic) bond motifs is 2. The lowest BCUT2D eigenvalue weighted by Crippen LogP contribution is -2.34. The molecule has 0 spiro atoms. The van der Waals surface area contributed by atoms with Gasteiger partial charge >= 0.3 is 24.0 Å². The highest BCUT2D eigenvalue weighted by Crippen LogP contribution is 2.48. The molecule has 4 rings (SSSR count). The van der Waals surface area contributed by atoms with E-state index in [2.05, 4.69) is 14.7 Å². The fourth-order valence-corrected chi connectivity index (χ4v) is 5.01. The number of carbonyl (C=O) groups is 2. The third-order valence-corrected chi connectivity index (χ3v) is 6.40. The SMILES string of the molecule is COC(=O)c1ccc2c(c1)CCc1cc(C(=O)OC)ccc1C2(CC(C)C)c1noc(C(F)(F)F)n1. The summed E-state index contributed by atoms with van der Waals surface area (Å²) in [6, 6.07) is 9.98. The molecule has 190 valence electrons. The van der Waals surface area contributed by atoms with E-state index in [9.17, 15) is 22.8 Å². The lowest BCUT2D eigenvalue weighted by Gasteiger charge is -2.35. The zero-order chi connectivity index (χ0) is 26.3. The van der Waals surface area contributed by atoms with Gasteiger partial charge in [0.1, 0.15) is 0 Å². The molecule has 1 heterocycles. The van der Waals surface area contributed by atoms with Crippen molar-refractivity contribution in [2.24, 2.45) is 5.92 Å². The molecule has 0 amide bonds. The second-order valence-electron chi connectivity index (χ2n) is 9.15. The Morgan fingerprint density at radius 1 is 0.972 bits per heavy atom. The third-order valence-electron chi connectivity index (χ3n) is 6.40. The Kier molecular flexibility index (Phi) is 6.64. The van der Waals surface area contributed by atoms with Gasteiger partial charge in [-0.2, -0.15) is 18.2 Å². The highest BCUT2D eigenvalue weighted by molar-refractivity contribution is 5.90. The number of aromatic nitrogens is 2. The summed E-state index contributed by atoms with van der Waals surface area (Å²) in [6.07, 6.45) is -3.55. The first kappa shape index (κ1) is 25.4. The Balaban J connectivity index is 2.06. The van der Waals surface area contributed by atoms with Gasteiger partial charge in [0.05, 0.1) is 30.8 Å². The number of hydrogen-bond acceptors (Lipinski definition) is 7. The molecule has 0 fully saturated rings. The topological polar surface area (TPSA) is 91.5 Å². The van der Waals surface area contributed by atoms with Crippen molar-refractivity contribution < 1.29 is 36.8 Å². The molecular weight excluding hydrogens is 477 g/mol. The monoisotopic (exact) mass is 502 g/mol. The molecule has 7 nitrogen and oxygen atoms in total. The molecule has 10 heteroatoms. The maximum absolute atomic E-state index is 13.5. The maximum Gasteiger partial charge on any atom is 0.471 e. The van der Waals surface area contributed by atoms with E-state index in [1.165, 1.54) is 14.2 Å². The molecule has 1 aliphatic carbocycles. The van der Waals surface area contributed by atoms with Crippen LogP contribution < -0.4 is 0 Å². The largest absolute Gasteiger partial charge is 0.471 e. The average Bonchev–Trinajstić information content (AvgIpc) is 3.32. The average molecular weight is 502 g/mol. The minimum Gasteiger partial charge on any atom is -0.465 e. The molecule has 36 heavy (non-hydrogen) atoms. The first-order chi connectivity index (χ1) is 17.0. The van der Waals surface area contributed by atoms with Crippen LogP contribution in [-0.2, 0) is 33.9 Å². The summed E-state index contributed by atoms with van der Waals surface area (Å²) in [5.74, 6) is -2.63. The van der Waals surface area contributed by atoms with Crippen molar-refractivity contribution in [2.45, 2.75) is 44.7 Å². The number of carbonyl (C=O) groups excluding carboxylic acids is 2. The zero-order valence-electron chi connectivity index (χ0n) is 20.2. The molecule has 0 unspecified atom stereocenters. The molecule has 2 aromatic carbocycles. The second kappa shape index (κ2) is 9.40. The molecule has 0 N–H and O–H groups in total. The van der Waals surface area contributed by atoms with Crippen molar-refractivity contribution in [3.05, 3.63) is 81.5 Å². The van der Waals surface area contributed by atoms with E-state index >= 15 is 0 Å². The number of nitrogens with zero attached hydrogens (tertiary/aromatic N) is 2. The van der Waals surface area contributed by atoms with E-state index in [1.807, 2.05) is 13.8 Å². The molecule has 0 bridgehead atoms. The zero-order valence-corrected chi connectivity index (χ0v) is 20.2. The molecule has 3 aromatic rings. The van der Waals surface area contributed by atoms with Crippen LogP contribution in [0.5, 0.6) is 0 Å². The summed E-state index contributed by atoms with van der Waals surface area (Å²) >= 11 is 0. The number of hydrogen-bond donors (Lipinski definition) is 0. The standard InChI is InChI=1S/C26H25F3N2O5/c1-14(2)13-25(23-30-24(36-31-23)26(27,28)29)19-9-7-17(21(32)34-3)11-15(19)5-6-16-12-18(22(33)35-4)8-10-20(16)25/h7-12,14H,5-6,13H2,1-4H3. The number of esters is 2. The van der Waals surface area contributed by atoms with Gasteiger partial charge in [0, 0.05) is 0 Å². The van der Waals surface area contributed by atoms with E-state index in [4.69, 9.17) is 9.47 Å².